The quantitative estimate of drug-likeness (QED) is 0.213. The average Bonchev–Trinajstić information content (AvgIpc) is 2.93. The lowest BCUT2D eigenvalue weighted by Gasteiger charge is -2.16. The fourth-order valence-corrected chi connectivity index (χ4v) is 3.57. The van der Waals surface area contributed by atoms with Crippen molar-refractivity contribution in [3.05, 3.63) is 64.8 Å². The number of aliphatic hydroxyl groups is 1. The van der Waals surface area contributed by atoms with E-state index in [9.17, 15) is 40.7 Å². The first-order valence-electron chi connectivity index (χ1n) is 11.8. The van der Waals surface area contributed by atoms with E-state index >= 15 is 0 Å². The highest BCUT2D eigenvalue weighted by Crippen LogP contribution is 2.29. The Bertz CT molecular complexity index is 1460. The molecular weight excluding hydrogens is 598 g/mol. The number of anilines is 5. The molecule has 6 N–H and O–H groups in total. The SMILES string of the molecule is N[C@@H](CO)C(=O)Nc1ccc2cc1CCc1cccc(c1)Nc1ncc(Cl)c(n1)N2.O=C(C(=O)C(F)(F)F)C(F)(F)F. The standard InChI is InChI=1S/C21H21ClN6O2.C4F6O2/c22-16-10-24-21-26-14-3-1-2-12(8-14)4-5-13-9-15(25-19(16)28-21)6-7-18(13)27-20(30)17(23)11-29;5-3(6,7)1(11)2(12)4(8,9)10/h1-3,6-10,17,29H,4-5,11,23H2,(H,27,30)(H2,24,25,26,28);/t17-;/m0./s1. The zero-order valence-electron chi connectivity index (χ0n) is 21.1. The molecule has 0 spiro atoms. The number of nitrogens with one attached hydrogen (secondary N) is 3. The highest BCUT2D eigenvalue weighted by molar-refractivity contribution is 6.41. The van der Waals surface area contributed by atoms with Crippen molar-refractivity contribution >= 4 is 57.9 Å². The van der Waals surface area contributed by atoms with Crippen LogP contribution in [0.3, 0.4) is 0 Å². The zero-order valence-corrected chi connectivity index (χ0v) is 21.9. The van der Waals surface area contributed by atoms with Crippen molar-refractivity contribution in [3.8, 4) is 0 Å². The molecule has 17 heteroatoms. The van der Waals surface area contributed by atoms with Gasteiger partial charge in [0.1, 0.15) is 11.1 Å². The molecule has 224 valence electrons. The number of halogens is 7. The van der Waals surface area contributed by atoms with Crippen LogP contribution in [0.4, 0.5) is 55.2 Å². The monoisotopic (exact) mass is 618 g/mol. The molecule has 42 heavy (non-hydrogen) atoms. The van der Waals surface area contributed by atoms with Gasteiger partial charge in [-0.25, -0.2) is 4.98 Å². The van der Waals surface area contributed by atoms with E-state index in [1.807, 2.05) is 36.4 Å². The number of amides is 1. The number of carbonyl (C=O) groups is 3. The number of hydrogen-bond donors (Lipinski definition) is 5. The normalized spacial score (nSPS) is 13.4. The largest absolute Gasteiger partial charge is 0.458 e. The molecular formula is C25H21ClF6N6O4. The number of aliphatic hydroxyl groups excluding tert-OH is 1. The fourth-order valence-electron chi connectivity index (χ4n) is 3.43. The van der Waals surface area contributed by atoms with Gasteiger partial charge >= 0.3 is 23.9 Å². The smallest absolute Gasteiger partial charge is 0.394 e. The average molecular weight is 619 g/mol. The van der Waals surface area contributed by atoms with Gasteiger partial charge < -0.3 is 26.8 Å². The van der Waals surface area contributed by atoms with Crippen molar-refractivity contribution in [1.29, 1.82) is 0 Å². The second-order valence-electron chi connectivity index (χ2n) is 8.64. The molecule has 0 saturated heterocycles. The van der Waals surface area contributed by atoms with E-state index in [4.69, 9.17) is 22.4 Å². The number of ketones is 2. The minimum absolute atomic E-state index is 0.386. The Balaban J connectivity index is 0.000000343. The van der Waals surface area contributed by atoms with Gasteiger partial charge in [-0.05, 0) is 54.3 Å². The Labute approximate surface area is 238 Å². The number of hydrogen-bond acceptors (Lipinski definition) is 9. The minimum atomic E-state index is -5.77. The highest BCUT2D eigenvalue weighted by atomic mass is 35.5. The van der Waals surface area contributed by atoms with E-state index in [1.165, 1.54) is 6.20 Å². The molecule has 2 aromatic carbocycles. The van der Waals surface area contributed by atoms with Crippen LogP contribution in [0.5, 0.6) is 0 Å². The number of aryl methyl sites for hydroxylation is 2. The summed E-state index contributed by atoms with van der Waals surface area (Å²) in [7, 11) is 0. The van der Waals surface area contributed by atoms with Gasteiger partial charge in [0.25, 0.3) is 0 Å². The Hall–Kier alpha value is -4.28. The van der Waals surface area contributed by atoms with Crippen LogP contribution in [0.15, 0.2) is 48.7 Å². The van der Waals surface area contributed by atoms with Crippen LogP contribution in [0.2, 0.25) is 5.02 Å². The summed E-state index contributed by atoms with van der Waals surface area (Å²) in [6.07, 6.45) is -8.57. The van der Waals surface area contributed by atoms with Crippen molar-refractivity contribution in [3.63, 3.8) is 0 Å². The predicted molar refractivity (Wildman–Crippen MR) is 140 cm³/mol. The van der Waals surface area contributed by atoms with Crippen molar-refractivity contribution in [2.24, 2.45) is 5.73 Å². The predicted octanol–water partition coefficient (Wildman–Crippen LogP) is 4.22. The third kappa shape index (κ3) is 8.61. The molecule has 10 nitrogen and oxygen atoms in total. The maximum atomic E-state index is 12.2. The van der Waals surface area contributed by atoms with Crippen LogP contribution in [-0.2, 0) is 27.2 Å². The van der Waals surface area contributed by atoms with Gasteiger partial charge in [0.15, 0.2) is 5.82 Å². The van der Waals surface area contributed by atoms with Crippen molar-refractivity contribution < 1.29 is 45.8 Å². The maximum absolute atomic E-state index is 12.2. The summed E-state index contributed by atoms with van der Waals surface area (Å²) in [5.41, 5.74) is 9.97. The summed E-state index contributed by atoms with van der Waals surface area (Å²) in [5.74, 6) is -6.35. The van der Waals surface area contributed by atoms with Gasteiger partial charge in [0, 0.05) is 17.1 Å². The van der Waals surface area contributed by atoms with Crippen LogP contribution >= 0.6 is 11.6 Å². The molecule has 4 rings (SSSR count). The van der Waals surface area contributed by atoms with Crippen LogP contribution in [0.25, 0.3) is 0 Å². The topological polar surface area (TPSA) is 159 Å². The van der Waals surface area contributed by atoms with Crippen molar-refractivity contribution in [2.45, 2.75) is 31.2 Å². The second-order valence-corrected chi connectivity index (χ2v) is 9.05. The molecule has 0 fully saturated rings. The third-order valence-electron chi connectivity index (χ3n) is 5.49. The Morgan fingerprint density at radius 1 is 0.976 bits per heavy atom. The number of carbonyl (C=O) groups excluding carboxylic acids is 3. The fraction of sp³-hybridized carbons (Fsp3) is 0.240. The molecule has 0 unspecified atom stereocenters. The Kier molecular flexibility index (Phi) is 10.1. The molecule has 0 saturated carbocycles. The van der Waals surface area contributed by atoms with Crippen LogP contribution in [-0.4, -0.2) is 57.5 Å². The summed E-state index contributed by atoms with van der Waals surface area (Å²) >= 11 is 6.27. The second kappa shape index (κ2) is 13.1. The Morgan fingerprint density at radius 2 is 1.62 bits per heavy atom. The number of nitrogens with zero attached hydrogens (tertiary/aromatic N) is 2. The van der Waals surface area contributed by atoms with Crippen LogP contribution in [0.1, 0.15) is 11.1 Å². The van der Waals surface area contributed by atoms with Crippen molar-refractivity contribution in [2.75, 3.05) is 22.6 Å². The van der Waals surface area contributed by atoms with Gasteiger partial charge in [-0.15, -0.1) is 0 Å². The third-order valence-corrected chi connectivity index (χ3v) is 5.77. The lowest BCUT2D eigenvalue weighted by molar-refractivity contribution is -0.193. The number of alkyl halides is 6. The summed E-state index contributed by atoms with van der Waals surface area (Å²) in [4.78, 5) is 40.1. The first-order chi connectivity index (χ1) is 19.6. The molecule has 0 radical (unpaired) electrons. The first kappa shape index (κ1) is 32.2. The zero-order chi connectivity index (χ0) is 31.2. The number of rotatable bonds is 4. The van der Waals surface area contributed by atoms with Crippen LogP contribution in [0, 0.1) is 0 Å². The molecule has 1 aliphatic rings. The molecule has 1 amide bonds. The molecule has 1 atom stereocenters. The number of aromatic nitrogens is 2. The van der Waals surface area contributed by atoms with Crippen molar-refractivity contribution in [1.82, 2.24) is 9.97 Å². The molecule has 6 bridgehead atoms. The minimum Gasteiger partial charge on any atom is -0.394 e. The van der Waals surface area contributed by atoms with Crippen LogP contribution < -0.4 is 21.7 Å². The Morgan fingerprint density at radius 3 is 2.24 bits per heavy atom. The lowest BCUT2D eigenvalue weighted by atomic mass is 10.0. The summed E-state index contributed by atoms with van der Waals surface area (Å²) < 4.78 is 67.0. The molecule has 1 aromatic heterocycles. The van der Waals surface area contributed by atoms with Gasteiger partial charge in [0.2, 0.25) is 11.9 Å². The van der Waals surface area contributed by atoms with E-state index in [1.54, 1.807) is 6.07 Å². The van der Waals surface area contributed by atoms with E-state index in [2.05, 4.69) is 25.9 Å². The van der Waals surface area contributed by atoms with Gasteiger partial charge in [-0.3, -0.25) is 14.4 Å². The summed E-state index contributed by atoms with van der Waals surface area (Å²) in [6.45, 7) is -0.421. The lowest BCUT2D eigenvalue weighted by Crippen LogP contribution is -2.39. The summed E-state index contributed by atoms with van der Waals surface area (Å²) in [5, 5.41) is 18.7. The van der Waals surface area contributed by atoms with E-state index in [0.717, 1.165) is 28.9 Å². The van der Waals surface area contributed by atoms with E-state index < -0.39 is 42.5 Å². The van der Waals surface area contributed by atoms with Gasteiger partial charge in [-0.2, -0.15) is 31.3 Å². The number of fused-ring (bicyclic) bond motifs is 6. The first-order valence-corrected chi connectivity index (χ1v) is 12.1. The van der Waals surface area contributed by atoms with Gasteiger partial charge in [-0.1, -0.05) is 23.7 Å². The number of Topliss-reactive ketones (excluding diaryl/α,β-unsaturated/α-hetero) is 2. The van der Waals surface area contributed by atoms with E-state index in [0.29, 0.717) is 28.9 Å². The highest BCUT2D eigenvalue weighted by Gasteiger charge is 2.54. The molecule has 0 aliphatic carbocycles. The molecule has 1 aliphatic heterocycles. The number of benzene rings is 2. The molecule has 3 aromatic rings. The van der Waals surface area contributed by atoms with E-state index in [-0.39, 0.29) is 0 Å². The number of nitrogens with two attached hydrogens (primary N) is 1. The summed E-state index contributed by atoms with van der Waals surface area (Å²) in [6, 6.07) is 12.5. The molecule has 2 heterocycles. The maximum Gasteiger partial charge on any atom is 0.458 e. The van der Waals surface area contributed by atoms with Gasteiger partial charge in [0.05, 0.1) is 12.8 Å².